The van der Waals surface area contributed by atoms with Crippen LogP contribution in [0.15, 0.2) is 21.4 Å². The van der Waals surface area contributed by atoms with Crippen molar-refractivity contribution in [2.24, 2.45) is 0 Å². The Balaban J connectivity index is 4.01. The van der Waals surface area contributed by atoms with E-state index in [1.807, 2.05) is 6.08 Å². The Bertz CT molecular complexity index is 189. The predicted molar refractivity (Wildman–Crippen MR) is 55.1 cm³/mol. The van der Waals surface area contributed by atoms with Gasteiger partial charge in [0, 0.05) is 0 Å². The molecule has 0 rings (SSSR count). The zero-order chi connectivity index (χ0) is 8.69. The zero-order valence-electron chi connectivity index (χ0n) is 5.99. The van der Waals surface area contributed by atoms with Gasteiger partial charge in [0.25, 0.3) is 0 Å². The largest absolute Gasteiger partial charge is 0.302 e. The van der Waals surface area contributed by atoms with E-state index in [4.69, 9.17) is 4.55 Å². The van der Waals surface area contributed by atoms with Crippen LogP contribution in [-0.4, -0.2) is 15.0 Å². The van der Waals surface area contributed by atoms with Crippen molar-refractivity contribution in [2.45, 2.75) is 6.42 Å². The first kappa shape index (κ1) is 11.4. The maximum absolute atomic E-state index is 10.5. The van der Waals surface area contributed by atoms with Gasteiger partial charge >= 0.3 is 0 Å². The van der Waals surface area contributed by atoms with Crippen LogP contribution in [0.5, 0.6) is 0 Å². The van der Waals surface area contributed by atoms with Gasteiger partial charge in [-0.2, -0.15) is 0 Å². The summed E-state index contributed by atoms with van der Waals surface area (Å²) in [6.45, 7) is 0. The smallest absolute Gasteiger partial charge is 0.192 e. The van der Waals surface area contributed by atoms with Crippen LogP contribution in [0.2, 0.25) is 0 Å². The molecule has 0 heterocycles. The summed E-state index contributed by atoms with van der Waals surface area (Å²) in [4.78, 5) is 1.72. The van der Waals surface area contributed by atoms with E-state index < -0.39 is 11.1 Å². The second-order valence-electron chi connectivity index (χ2n) is 1.57. The lowest BCUT2D eigenvalue weighted by atomic mass is 10.4. The van der Waals surface area contributed by atoms with Gasteiger partial charge in [0.15, 0.2) is 11.1 Å². The van der Waals surface area contributed by atoms with Gasteiger partial charge in [0.05, 0.1) is 4.24 Å². The molecule has 11 heavy (non-hydrogen) atoms. The van der Waals surface area contributed by atoms with Crippen molar-refractivity contribution in [1.82, 2.24) is 0 Å². The Labute approximate surface area is 81.6 Å². The lowest BCUT2D eigenvalue weighted by molar-refractivity contribution is 0.573. The van der Waals surface area contributed by atoms with Gasteiger partial charge in [-0.15, -0.1) is 11.8 Å². The molecule has 0 saturated carbocycles. The third-order valence-electron chi connectivity index (χ3n) is 0.883. The second-order valence-corrected chi connectivity index (χ2v) is 4.15. The minimum atomic E-state index is -1.83. The van der Waals surface area contributed by atoms with E-state index in [0.717, 1.165) is 0 Å². The molecule has 0 aromatic rings. The lowest BCUT2D eigenvalue weighted by Gasteiger charge is -1.94. The molecule has 0 aromatic heterocycles. The highest BCUT2D eigenvalue weighted by molar-refractivity contribution is 9.11. The van der Waals surface area contributed by atoms with Crippen LogP contribution in [-0.2, 0) is 11.1 Å². The number of hydrogen-bond acceptors (Lipinski definition) is 2. The van der Waals surface area contributed by atoms with Crippen molar-refractivity contribution in [1.29, 1.82) is 0 Å². The fourth-order valence-corrected chi connectivity index (χ4v) is 1.73. The third kappa shape index (κ3) is 5.66. The first-order valence-corrected chi connectivity index (χ1v) is 6.07. The van der Waals surface area contributed by atoms with Gasteiger partial charge in [-0.1, -0.05) is 28.1 Å². The van der Waals surface area contributed by atoms with Gasteiger partial charge in [-0.05, 0) is 17.7 Å². The number of hydrogen-bond donors (Lipinski definition) is 1. The van der Waals surface area contributed by atoms with Crippen molar-refractivity contribution >= 4 is 38.8 Å². The Morgan fingerprint density at radius 2 is 2.45 bits per heavy atom. The summed E-state index contributed by atoms with van der Waals surface area (Å²) in [6, 6.07) is 0. The van der Waals surface area contributed by atoms with Gasteiger partial charge in [-0.25, -0.2) is 4.21 Å². The Kier molecular flexibility index (Phi) is 7.36. The zero-order valence-corrected chi connectivity index (χ0v) is 9.21. The van der Waals surface area contributed by atoms with Crippen LogP contribution in [0, 0.1) is 0 Å². The van der Waals surface area contributed by atoms with E-state index in [9.17, 15) is 4.21 Å². The summed E-state index contributed by atoms with van der Waals surface area (Å²) in [5.74, 6) is 0. The maximum Gasteiger partial charge on any atom is 0.192 e. The molecule has 0 amide bonds. The van der Waals surface area contributed by atoms with Crippen molar-refractivity contribution in [3.63, 3.8) is 0 Å². The SMILES string of the molecule is CS/C(=C\C/C=C/Br)S(=O)O. The molecule has 0 aliphatic heterocycles. The molecule has 1 atom stereocenters. The first-order chi connectivity index (χ1) is 5.22. The first-order valence-electron chi connectivity index (χ1n) is 2.82. The van der Waals surface area contributed by atoms with Crippen LogP contribution >= 0.6 is 27.7 Å². The van der Waals surface area contributed by atoms with E-state index in [-0.39, 0.29) is 0 Å². The normalized spacial score (nSPS) is 15.7. The van der Waals surface area contributed by atoms with Crippen molar-refractivity contribution < 1.29 is 8.76 Å². The number of thioether (sulfide) groups is 1. The number of halogens is 1. The molecule has 5 heteroatoms. The minimum Gasteiger partial charge on any atom is -0.302 e. The highest BCUT2D eigenvalue weighted by Gasteiger charge is 1.99. The average molecular weight is 257 g/mol. The van der Waals surface area contributed by atoms with E-state index in [1.165, 1.54) is 11.8 Å². The van der Waals surface area contributed by atoms with Crippen LogP contribution in [0.1, 0.15) is 6.42 Å². The topological polar surface area (TPSA) is 37.3 Å². The Hall–Kier alpha value is 0.420. The molecule has 0 aromatic carbocycles. The summed E-state index contributed by atoms with van der Waals surface area (Å²) in [5, 5.41) is 0. The summed E-state index contributed by atoms with van der Waals surface area (Å²) in [5.41, 5.74) is 0. The van der Waals surface area contributed by atoms with E-state index >= 15 is 0 Å². The van der Waals surface area contributed by atoms with Gasteiger partial charge in [-0.3, -0.25) is 0 Å². The molecule has 0 saturated heterocycles. The molecule has 1 N–H and O–H groups in total. The fourth-order valence-electron chi connectivity index (χ4n) is 0.442. The van der Waals surface area contributed by atoms with Crippen LogP contribution in [0.4, 0.5) is 0 Å². The number of rotatable bonds is 4. The third-order valence-corrected chi connectivity index (χ3v) is 3.26. The molecule has 0 spiro atoms. The maximum atomic E-state index is 10.5. The molecule has 0 aliphatic carbocycles. The predicted octanol–water partition coefficient (Wildman–Crippen LogP) is 2.71. The van der Waals surface area contributed by atoms with E-state index in [0.29, 0.717) is 10.7 Å². The highest BCUT2D eigenvalue weighted by atomic mass is 79.9. The Morgan fingerprint density at radius 3 is 2.82 bits per heavy atom. The van der Waals surface area contributed by atoms with Crippen LogP contribution in [0.3, 0.4) is 0 Å². The van der Waals surface area contributed by atoms with Crippen molar-refractivity contribution in [3.8, 4) is 0 Å². The molecule has 0 radical (unpaired) electrons. The minimum absolute atomic E-state index is 0.496. The summed E-state index contributed by atoms with van der Waals surface area (Å²) in [6.07, 6.45) is 6.02. The molecule has 0 bridgehead atoms. The summed E-state index contributed by atoms with van der Waals surface area (Å²) >= 11 is 2.56. The van der Waals surface area contributed by atoms with Crippen molar-refractivity contribution in [2.75, 3.05) is 6.26 Å². The fraction of sp³-hybridized carbons (Fsp3) is 0.333. The molecule has 64 valence electrons. The second kappa shape index (κ2) is 7.09. The molecule has 0 fully saturated rings. The summed E-state index contributed by atoms with van der Waals surface area (Å²) < 4.78 is 19.7. The quantitative estimate of drug-likeness (QED) is 0.787. The number of allylic oxidation sites excluding steroid dienone is 2. The van der Waals surface area contributed by atoms with Crippen molar-refractivity contribution in [3.05, 3.63) is 21.4 Å². The molecular formula is C6H9BrO2S2. The summed E-state index contributed by atoms with van der Waals surface area (Å²) in [7, 11) is 0. The molecular weight excluding hydrogens is 248 g/mol. The van der Waals surface area contributed by atoms with Crippen LogP contribution < -0.4 is 0 Å². The monoisotopic (exact) mass is 256 g/mol. The van der Waals surface area contributed by atoms with Crippen LogP contribution in [0.25, 0.3) is 0 Å². The average Bonchev–Trinajstić information content (AvgIpc) is 1.97. The van der Waals surface area contributed by atoms with Gasteiger partial charge in [0.1, 0.15) is 0 Å². The molecule has 0 aliphatic rings. The van der Waals surface area contributed by atoms with Gasteiger partial charge in [0.2, 0.25) is 0 Å². The lowest BCUT2D eigenvalue weighted by Crippen LogP contribution is -1.86. The highest BCUT2D eigenvalue weighted by Crippen LogP contribution is 2.15. The standard InChI is InChI=1S/C6H9BrO2S2/c1-10-6(11(8)9)4-2-3-5-7/h3-5H,2H2,1H3,(H,8,9)/b5-3+,6-4+. The van der Waals surface area contributed by atoms with Gasteiger partial charge < -0.3 is 4.55 Å². The van der Waals surface area contributed by atoms with E-state index in [2.05, 4.69) is 15.9 Å². The molecule has 1 unspecified atom stereocenters. The Morgan fingerprint density at radius 1 is 1.82 bits per heavy atom. The molecule has 2 nitrogen and oxygen atoms in total. The van der Waals surface area contributed by atoms with E-state index in [1.54, 1.807) is 17.3 Å².